The fourth-order valence-electron chi connectivity index (χ4n) is 3.45. The van der Waals surface area contributed by atoms with Crippen LogP contribution in [0.5, 0.6) is 0 Å². The molecule has 1 aromatic heterocycles. The average Bonchev–Trinajstić information content (AvgIpc) is 2.81. The topological polar surface area (TPSA) is 75.1 Å². The van der Waals surface area contributed by atoms with Crippen LogP contribution >= 0.6 is 0 Å². The molecule has 5 heteroatoms. The first-order valence-corrected chi connectivity index (χ1v) is 10.2. The average molecular weight is 409 g/mol. The minimum Gasteiger partial charge on any atom is -0.480 e. The van der Waals surface area contributed by atoms with Crippen molar-refractivity contribution in [2.75, 3.05) is 5.32 Å². The molecule has 0 aliphatic carbocycles. The number of hydrogen-bond donors (Lipinski definition) is 2. The highest BCUT2D eigenvalue weighted by Crippen LogP contribution is 2.21. The van der Waals surface area contributed by atoms with Gasteiger partial charge in [0, 0.05) is 18.1 Å². The molecule has 0 aliphatic rings. The van der Waals surface area contributed by atoms with E-state index in [4.69, 9.17) is 0 Å². The predicted octanol–water partition coefficient (Wildman–Crippen LogP) is 4.84. The SMILES string of the molecule is O=C(O)[C@H](Cc1ccccc1)Nc1cc(-c2ccc(Cc3ccccc3)cc2)ncn1. The molecule has 0 fully saturated rings. The molecule has 2 N–H and O–H groups in total. The Hall–Kier alpha value is -3.99. The third kappa shape index (κ3) is 5.54. The molecule has 0 unspecified atom stereocenters. The van der Waals surface area contributed by atoms with Crippen molar-refractivity contribution in [2.45, 2.75) is 18.9 Å². The fraction of sp³-hybridized carbons (Fsp3) is 0.115. The molecule has 1 heterocycles. The summed E-state index contributed by atoms with van der Waals surface area (Å²) in [5.41, 5.74) is 5.13. The quantitative estimate of drug-likeness (QED) is 0.435. The molecular weight excluding hydrogens is 386 g/mol. The second-order valence-electron chi connectivity index (χ2n) is 7.37. The Labute approximate surface area is 181 Å². The van der Waals surface area contributed by atoms with Gasteiger partial charge in [0.05, 0.1) is 5.69 Å². The third-order valence-corrected chi connectivity index (χ3v) is 5.07. The number of carboxylic acids is 1. The summed E-state index contributed by atoms with van der Waals surface area (Å²) in [6.07, 6.45) is 2.69. The molecule has 0 spiro atoms. The zero-order valence-electron chi connectivity index (χ0n) is 17.0. The highest BCUT2D eigenvalue weighted by Gasteiger charge is 2.18. The fourth-order valence-corrected chi connectivity index (χ4v) is 3.45. The number of carbonyl (C=O) groups is 1. The van der Waals surface area contributed by atoms with E-state index < -0.39 is 12.0 Å². The van der Waals surface area contributed by atoms with Crippen LogP contribution in [0.3, 0.4) is 0 Å². The van der Waals surface area contributed by atoms with Gasteiger partial charge in [0.25, 0.3) is 0 Å². The van der Waals surface area contributed by atoms with Crippen molar-refractivity contribution in [2.24, 2.45) is 0 Å². The second-order valence-corrected chi connectivity index (χ2v) is 7.37. The van der Waals surface area contributed by atoms with Gasteiger partial charge in [-0.05, 0) is 23.1 Å². The molecule has 154 valence electrons. The van der Waals surface area contributed by atoms with Gasteiger partial charge in [-0.3, -0.25) is 0 Å². The molecule has 5 nitrogen and oxygen atoms in total. The minimum atomic E-state index is -0.922. The van der Waals surface area contributed by atoms with E-state index in [1.807, 2.05) is 60.7 Å². The van der Waals surface area contributed by atoms with E-state index >= 15 is 0 Å². The molecule has 4 rings (SSSR count). The molecule has 4 aromatic rings. The molecule has 0 saturated heterocycles. The summed E-state index contributed by atoms with van der Waals surface area (Å²) in [6, 6.07) is 29.1. The van der Waals surface area contributed by atoms with E-state index in [0.717, 1.165) is 23.2 Å². The first kappa shape index (κ1) is 20.3. The molecule has 3 aromatic carbocycles. The first-order valence-electron chi connectivity index (χ1n) is 10.2. The highest BCUT2D eigenvalue weighted by molar-refractivity contribution is 5.77. The van der Waals surface area contributed by atoms with Crippen molar-refractivity contribution < 1.29 is 9.90 Å². The molecule has 0 saturated carbocycles. The number of nitrogens with one attached hydrogen (secondary N) is 1. The normalized spacial score (nSPS) is 11.6. The number of nitrogens with zero attached hydrogens (tertiary/aromatic N) is 2. The zero-order valence-corrected chi connectivity index (χ0v) is 17.0. The van der Waals surface area contributed by atoms with Crippen LogP contribution in [0.1, 0.15) is 16.7 Å². The van der Waals surface area contributed by atoms with Gasteiger partial charge >= 0.3 is 5.97 Å². The summed E-state index contributed by atoms with van der Waals surface area (Å²) >= 11 is 0. The lowest BCUT2D eigenvalue weighted by Crippen LogP contribution is -2.31. The van der Waals surface area contributed by atoms with Crippen LogP contribution in [-0.2, 0) is 17.6 Å². The smallest absolute Gasteiger partial charge is 0.326 e. The number of aliphatic carboxylic acids is 1. The summed E-state index contributed by atoms with van der Waals surface area (Å²) in [6.45, 7) is 0. The lowest BCUT2D eigenvalue weighted by Gasteiger charge is -2.15. The maximum absolute atomic E-state index is 11.7. The van der Waals surface area contributed by atoms with Crippen molar-refractivity contribution in [1.82, 2.24) is 9.97 Å². The minimum absolute atomic E-state index is 0.365. The van der Waals surface area contributed by atoms with Gasteiger partial charge in [0.2, 0.25) is 0 Å². The highest BCUT2D eigenvalue weighted by atomic mass is 16.4. The van der Waals surface area contributed by atoms with E-state index in [1.54, 1.807) is 6.07 Å². The van der Waals surface area contributed by atoms with E-state index in [0.29, 0.717) is 12.2 Å². The molecule has 0 radical (unpaired) electrons. The summed E-state index contributed by atoms with van der Waals surface area (Å²) < 4.78 is 0. The van der Waals surface area contributed by atoms with Crippen molar-refractivity contribution in [3.05, 3.63) is 114 Å². The molecule has 0 aliphatic heterocycles. The monoisotopic (exact) mass is 409 g/mol. The number of carboxylic acid groups (broad SMARTS) is 1. The van der Waals surface area contributed by atoms with Crippen molar-refractivity contribution in [1.29, 1.82) is 0 Å². The lowest BCUT2D eigenvalue weighted by molar-refractivity contribution is -0.137. The number of benzene rings is 3. The van der Waals surface area contributed by atoms with Crippen LogP contribution in [-0.4, -0.2) is 27.1 Å². The van der Waals surface area contributed by atoms with Gasteiger partial charge in [-0.15, -0.1) is 0 Å². The molecule has 1 atom stereocenters. The molecular formula is C26H23N3O2. The number of anilines is 1. The maximum atomic E-state index is 11.7. The number of hydrogen-bond acceptors (Lipinski definition) is 4. The summed E-state index contributed by atoms with van der Waals surface area (Å²) in [5, 5.41) is 12.7. The summed E-state index contributed by atoms with van der Waals surface area (Å²) in [5.74, 6) is -0.434. The zero-order chi connectivity index (χ0) is 21.5. The second kappa shape index (κ2) is 9.67. The van der Waals surface area contributed by atoms with E-state index in [-0.39, 0.29) is 0 Å². The Balaban J connectivity index is 1.47. The van der Waals surface area contributed by atoms with Crippen molar-refractivity contribution in [3.8, 4) is 11.3 Å². The van der Waals surface area contributed by atoms with Gasteiger partial charge in [0.1, 0.15) is 18.2 Å². The number of aromatic nitrogens is 2. The molecule has 0 bridgehead atoms. The molecule has 0 amide bonds. The Kier molecular flexibility index (Phi) is 6.33. The Morgan fingerprint density at radius 1 is 0.806 bits per heavy atom. The van der Waals surface area contributed by atoms with Gasteiger partial charge in [0.15, 0.2) is 0 Å². The van der Waals surface area contributed by atoms with Crippen LogP contribution in [0.25, 0.3) is 11.3 Å². The van der Waals surface area contributed by atoms with E-state index in [2.05, 4.69) is 39.6 Å². The van der Waals surface area contributed by atoms with Gasteiger partial charge < -0.3 is 10.4 Å². The number of rotatable bonds is 8. The van der Waals surface area contributed by atoms with Crippen molar-refractivity contribution >= 4 is 11.8 Å². The predicted molar refractivity (Wildman–Crippen MR) is 122 cm³/mol. The molecule has 31 heavy (non-hydrogen) atoms. The van der Waals surface area contributed by atoms with Gasteiger partial charge in [-0.2, -0.15) is 0 Å². The van der Waals surface area contributed by atoms with Crippen LogP contribution in [0.4, 0.5) is 5.82 Å². The summed E-state index contributed by atoms with van der Waals surface area (Å²) in [4.78, 5) is 20.3. The standard InChI is InChI=1S/C26H23N3O2/c30-26(31)24(16-20-9-5-2-6-10-20)29-25-17-23(27-18-28-25)22-13-11-21(12-14-22)15-19-7-3-1-4-8-19/h1-14,17-18,24H,15-16H2,(H,30,31)(H,27,28,29)/t24-/m0/s1. The Morgan fingerprint density at radius 3 is 2.06 bits per heavy atom. The van der Waals surface area contributed by atoms with Crippen LogP contribution in [0, 0.1) is 0 Å². The van der Waals surface area contributed by atoms with E-state index in [9.17, 15) is 9.90 Å². The van der Waals surface area contributed by atoms with Gasteiger partial charge in [-0.25, -0.2) is 14.8 Å². The third-order valence-electron chi connectivity index (χ3n) is 5.07. The summed E-state index contributed by atoms with van der Waals surface area (Å²) in [7, 11) is 0. The van der Waals surface area contributed by atoms with E-state index in [1.165, 1.54) is 17.5 Å². The Bertz CT molecular complexity index is 1130. The lowest BCUT2D eigenvalue weighted by atomic mass is 10.0. The maximum Gasteiger partial charge on any atom is 0.326 e. The largest absolute Gasteiger partial charge is 0.480 e. The van der Waals surface area contributed by atoms with Crippen LogP contribution in [0.2, 0.25) is 0 Å². The van der Waals surface area contributed by atoms with Gasteiger partial charge in [-0.1, -0.05) is 84.9 Å². The van der Waals surface area contributed by atoms with Crippen LogP contribution < -0.4 is 5.32 Å². The van der Waals surface area contributed by atoms with Crippen LogP contribution in [0.15, 0.2) is 97.3 Å². The Morgan fingerprint density at radius 2 is 1.42 bits per heavy atom. The first-order chi connectivity index (χ1) is 15.2. The van der Waals surface area contributed by atoms with Crippen molar-refractivity contribution in [3.63, 3.8) is 0 Å².